The number of methoxy groups -OCH3 is 1. The lowest BCUT2D eigenvalue weighted by atomic mass is 10.2. The first-order valence-electron chi connectivity index (χ1n) is 8.08. The number of fused-ring (bicyclic) bond motifs is 1. The summed E-state index contributed by atoms with van der Waals surface area (Å²) in [5, 5.41) is 1.38. The third kappa shape index (κ3) is 4.40. The van der Waals surface area contributed by atoms with Crippen LogP contribution in [0.4, 0.5) is 0 Å². The van der Waals surface area contributed by atoms with E-state index in [0.717, 1.165) is 11.3 Å². The summed E-state index contributed by atoms with van der Waals surface area (Å²) in [7, 11) is 3.30. The number of rotatable bonds is 6. The normalized spacial score (nSPS) is 10.7. The predicted molar refractivity (Wildman–Crippen MR) is 105 cm³/mol. The number of benzene rings is 2. The summed E-state index contributed by atoms with van der Waals surface area (Å²) < 4.78 is 10.9. The number of ether oxygens (including phenoxy) is 2. The number of carbonyl (C=O) groups is 1. The van der Waals surface area contributed by atoms with E-state index in [1.807, 2.05) is 24.3 Å². The van der Waals surface area contributed by atoms with Crippen molar-refractivity contribution in [3.8, 4) is 11.6 Å². The molecule has 140 valence electrons. The number of nitrogens with zero attached hydrogens (tertiary/aromatic N) is 3. The van der Waals surface area contributed by atoms with E-state index in [9.17, 15) is 4.79 Å². The molecule has 3 aromatic rings. The van der Waals surface area contributed by atoms with Crippen LogP contribution >= 0.6 is 23.2 Å². The maximum atomic E-state index is 12.5. The van der Waals surface area contributed by atoms with Gasteiger partial charge >= 0.3 is 0 Å². The summed E-state index contributed by atoms with van der Waals surface area (Å²) in [5.74, 6) is 0.772. The average Bonchev–Trinajstić information content (AvgIpc) is 2.66. The second kappa shape index (κ2) is 8.41. The van der Waals surface area contributed by atoms with Gasteiger partial charge in [-0.1, -0.05) is 41.4 Å². The summed E-state index contributed by atoms with van der Waals surface area (Å²) in [6.07, 6.45) is 1.33. The summed E-state index contributed by atoms with van der Waals surface area (Å²) in [4.78, 5) is 22.2. The summed E-state index contributed by atoms with van der Waals surface area (Å²) in [6, 6.07) is 10.8. The molecule has 0 saturated heterocycles. The lowest BCUT2D eigenvalue weighted by Crippen LogP contribution is -2.31. The first-order valence-corrected chi connectivity index (χ1v) is 8.83. The first-order chi connectivity index (χ1) is 13.0. The van der Waals surface area contributed by atoms with Crippen molar-refractivity contribution in [1.29, 1.82) is 0 Å². The minimum absolute atomic E-state index is 0.179. The number of para-hydroxylation sites is 1. The molecule has 0 aliphatic rings. The van der Waals surface area contributed by atoms with E-state index in [1.165, 1.54) is 6.33 Å². The van der Waals surface area contributed by atoms with Crippen molar-refractivity contribution in [2.45, 2.75) is 6.54 Å². The molecule has 1 heterocycles. The highest BCUT2D eigenvalue weighted by atomic mass is 35.5. The second-order valence-corrected chi connectivity index (χ2v) is 6.66. The molecule has 6 nitrogen and oxygen atoms in total. The molecule has 0 atom stereocenters. The molecule has 0 N–H and O–H groups in total. The molecule has 0 spiro atoms. The van der Waals surface area contributed by atoms with Crippen LogP contribution in [0.1, 0.15) is 5.56 Å². The molecule has 0 radical (unpaired) electrons. The molecule has 2 aromatic carbocycles. The van der Waals surface area contributed by atoms with Gasteiger partial charge in [0, 0.05) is 24.2 Å². The molecule has 8 heteroatoms. The quantitative estimate of drug-likeness (QED) is 0.620. The Morgan fingerprint density at radius 2 is 1.96 bits per heavy atom. The maximum absolute atomic E-state index is 12.5. The van der Waals surface area contributed by atoms with Crippen molar-refractivity contribution in [2.75, 3.05) is 20.8 Å². The lowest BCUT2D eigenvalue weighted by molar-refractivity contribution is -0.132. The Hall–Kier alpha value is -2.57. The van der Waals surface area contributed by atoms with Crippen molar-refractivity contribution in [2.24, 2.45) is 0 Å². The van der Waals surface area contributed by atoms with Crippen LogP contribution in [-0.2, 0) is 11.3 Å². The van der Waals surface area contributed by atoms with Crippen LogP contribution in [0.3, 0.4) is 0 Å². The van der Waals surface area contributed by atoms with E-state index >= 15 is 0 Å². The summed E-state index contributed by atoms with van der Waals surface area (Å²) in [5.41, 5.74) is 1.42. The van der Waals surface area contributed by atoms with Gasteiger partial charge in [-0.25, -0.2) is 9.97 Å². The molecular weight excluding hydrogens is 389 g/mol. The Balaban J connectivity index is 1.71. The fourth-order valence-corrected chi connectivity index (χ4v) is 3.14. The SMILES string of the molecule is COc1ccccc1CN(C)C(=O)COc1ncnc2c(Cl)cc(Cl)cc12. The van der Waals surface area contributed by atoms with E-state index in [-0.39, 0.29) is 18.4 Å². The largest absolute Gasteiger partial charge is 0.496 e. The zero-order valence-electron chi connectivity index (χ0n) is 14.8. The van der Waals surface area contributed by atoms with Crippen molar-refractivity contribution in [3.63, 3.8) is 0 Å². The summed E-state index contributed by atoms with van der Waals surface area (Å²) in [6.45, 7) is 0.219. The maximum Gasteiger partial charge on any atom is 0.260 e. The van der Waals surface area contributed by atoms with Gasteiger partial charge < -0.3 is 14.4 Å². The number of aromatic nitrogens is 2. The number of carbonyl (C=O) groups excluding carboxylic acids is 1. The second-order valence-electron chi connectivity index (χ2n) is 5.81. The van der Waals surface area contributed by atoms with Crippen LogP contribution in [0.15, 0.2) is 42.7 Å². The number of hydrogen-bond acceptors (Lipinski definition) is 5. The highest BCUT2D eigenvalue weighted by Gasteiger charge is 2.15. The zero-order chi connectivity index (χ0) is 19.4. The van der Waals surface area contributed by atoms with Gasteiger partial charge in [0.1, 0.15) is 12.1 Å². The molecule has 0 aliphatic carbocycles. The minimum atomic E-state index is -0.208. The molecule has 0 aliphatic heterocycles. The van der Waals surface area contributed by atoms with E-state index in [2.05, 4.69) is 9.97 Å². The molecule has 1 amide bonds. The molecule has 1 aromatic heterocycles. The Kier molecular flexibility index (Phi) is 5.98. The van der Waals surface area contributed by atoms with Crippen molar-refractivity contribution in [3.05, 3.63) is 58.3 Å². The number of hydrogen-bond donors (Lipinski definition) is 0. The third-order valence-corrected chi connectivity index (χ3v) is 4.48. The molecule has 3 rings (SSSR count). The van der Waals surface area contributed by atoms with E-state index in [0.29, 0.717) is 27.5 Å². The van der Waals surface area contributed by atoms with Crippen LogP contribution in [0.2, 0.25) is 10.0 Å². The summed E-state index contributed by atoms with van der Waals surface area (Å²) >= 11 is 12.2. The topological polar surface area (TPSA) is 64.5 Å². The molecule has 0 fully saturated rings. The Bertz CT molecular complexity index is 982. The van der Waals surface area contributed by atoms with Crippen molar-refractivity contribution in [1.82, 2.24) is 14.9 Å². The molecule has 0 bridgehead atoms. The fourth-order valence-electron chi connectivity index (χ4n) is 2.60. The van der Waals surface area contributed by atoms with Gasteiger partial charge in [0.05, 0.1) is 23.0 Å². The Morgan fingerprint density at radius 1 is 1.19 bits per heavy atom. The van der Waals surface area contributed by atoms with E-state index < -0.39 is 0 Å². The minimum Gasteiger partial charge on any atom is -0.496 e. The smallest absolute Gasteiger partial charge is 0.260 e. The van der Waals surface area contributed by atoms with Gasteiger partial charge in [0.25, 0.3) is 5.91 Å². The Morgan fingerprint density at radius 3 is 2.74 bits per heavy atom. The van der Waals surface area contributed by atoms with Crippen LogP contribution in [-0.4, -0.2) is 41.5 Å². The highest BCUT2D eigenvalue weighted by molar-refractivity contribution is 6.38. The standard InChI is InChI=1S/C19H17Cl2N3O3/c1-24(9-12-5-3-4-6-16(12)26-2)17(25)10-27-19-14-7-13(20)8-15(21)18(14)22-11-23-19/h3-8,11H,9-10H2,1-2H3. The molecule has 0 unspecified atom stereocenters. The predicted octanol–water partition coefficient (Wildman–Crippen LogP) is 3.98. The van der Waals surface area contributed by atoms with Crippen LogP contribution in [0, 0.1) is 0 Å². The number of likely N-dealkylation sites (N-methyl/N-ethyl adjacent to an activating group) is 1. The lowest BCUT2D eigenvalue weighted by Gasteiger charge is -2.19. The van der Waals surface area contributed by atoms with Gasteiger partial charge in [-0.15, -0.1) is 0 Å². The van der Waals surface area contributed by atoms with Gasteiger partial charge in [-0.05, 0) is 18.2 Å². The van der Waals surface area contributed by atoms with Gasteiger partial charge in [-0.3, -0.25) is 4.79 Å². The molecule has 27 heavy (non-hydrogen) atoms. The van der Waals surface area contributed by atoms with E-state index in [1.54, 1.807) is 31.2 Å². The highest BCUT2D eigenvalue weighted by Crippen LogP contribution is 2.30. The average molecular weight is 406 g/mol. The zero-order valence-corrected chi connectivity index (χ0v) is 16.3. The van der Waals surface area contributed by atoms with Crippen LogP contribution in [0.5, 0.6) is 11.6 Å². The van der Waals surface area contributed by atoms with Crippen LogP contribution in [0.25, 0.3) is 10.9 Å². The van der Waals surface area contributed by atoms with Crippen molar-refractivity contribution < 1.29 is 14.3 Å². The van der Waals surface area contributed by atoms with E-state index in [4.69, 9.17) is 32.7 Å². The van der Waals surface area contributed by atoms with Crippen molar-refractivity contribution >= 4 is 40.0 Å². The Labute approximate surface area is 166 Å². The monoisotopic (exact) mass is 405 g/mol. The van der Waals surface area contributed by atoms with Gasteiger partial charge in [-0.2, -0.15) is 0 Å². The van der Waals surface area contributed by atoms with Gasteiger partial charge in [0.2, 0.25) is 5.88 Å². The van der Waals surface area contributed by atoms with Gasteiger partial charge in [0.15, 0.2) is 6.61 Å². The molecular formula is C19H17Cl2N3O3. The molecule has 0 saturated carbocycles. The first kappa shape index (κ1) is 19.2. The number of amides is 1. The van der Waals surface area contributed by atoms with Crippen LogP contribution < -0.4 is 9.47 Å². The fraction of sp³-hybridized carbons (Fsp3) is 0.211. The third-order valence-electron chi connectivity index (χ3n) is 3.98. The number of halogens is 2.